The Morgan fingerprint density at radius 3 is 2.89 bits per heavy atom. The van der Waals surface area contributed by atoms with Crippen LogP contribution in [0.1, 0.15) is 31.8 Å². The summed E-state index contributed by atoms with van der Waals surface area (Å²) in [6, 6.07) is 14.6. The number of carbonyl (C=O) groups is 2. The van der Waals surface area contributed by atoms with E-state index in [9.17, 15) is 14.0 Å². The van der Waals surface area contributed by atoms with Crippen LogP contribution in [0.2, 0.25) is 0 Å². The summed E-state index contributed by atoms with van der Waals surface area (Å²) in [5, 5.41) is 5.48. The number of pyridine rings is 1. The lowest BCUT2D eigenvalue weighted by Gasteiger charge is -2.11. The molecular formula is C21H16FN3O3. The lowest BCUT2D eigenvalue weighted by molar-refractivity contribution is 0.0964. The van der Waals surface area contributed by atoms with Gasteiger partial charge in [-0.15, -0.1) is 0 Å². The molecule has 140 valence electrons. The SMILES string of the molecule is O=C1NCc2ccc(NC(=O)c3cccnc3OCc3ccccc3F)cc21. The average Bonchev–Trinajstić information content (AvgIpc) is 3.08. The molecule has 2 amide bonds. The van der Waals surface area contributed by atoms with Crippen LogP contribution in [-0.2, 0) is 13.2 Å². The van der Waals surface area contributed by atoms with Crippen LogP contribution < -0.4 is 15.4 Å². The maximum absolute atomic E-state index is 13.8. The number of rotatable bonds is 5. The number of fused-ring (bicyclic) bond motifs is 1. The van der Waals surface area contributed by atoms with Gasteiger partial charge in [0.2, 0.25) is 5.88 Å². The first-order valence-corrected chi connectivity index (χ1v) is 8.65. The number of aromatic nitrogens is 1. The molecule has 2 aromatic carbocycles. The molecule has 28 heavy (non-hydrogen) atoms. The van der Waals surface area contributed by atoms with Crippen molar-refractivity contribution < 1.29 is 18.7 Å². The minimum atomic E-state index is -0.435. The number of ether oxygens (including phenoxy) is 1. The fraction of sp³-hybridized carbons (Fsp3) is 0.0952. The van der Waals surface area contributed by atoms with Crippen LogP contribution in [0.15, 0.2) is 60.8 Å². The molecule has 1 aliphatic rings. The second-order valence-electron chi connectivity index (χ2n) is 6.24. The third-order valence-corrected chi connectivity index (χ3v) is 4.39. The van der Waals surface area contributed by atoms with E-state index in [2.05, 4.69) is 15.6 Å². The van der Waals surface area contributed by atoms with Gasteiger partial charge in [0, 0.05) is 29.6 Å². The zero-order valence-corrected chi connectivity index (χ0v) is 14.7. The van der Waals surface area contributed by atoms with Gasteiger partial charge in [-0.05, 0) is 35.9 Å². The predicted octanol–water partition coefficient (Wildman–Crippen LogP) is 3.30. The molecule has 0 atom stereocenters. The van der Waals surface area contributed by atoms with Gasteiger partial charge in [0.25, 0.3) is 11.8 Å². The zero-order valence-electron chi connectivity index (χ0n) is 14.7. The molecule has 0 spiro atoms. The molecule has 3 aromatic rings. The molecule has 0 unspecified atom stereocenters. The molecule has 0 saturated carbocycles. The molecule has 4 rings (SSSR count). The number of hydrogen-bond donors (Lipinski definition) is 2. The van der Waals surface area contributed by atoms with Crippen molar-refractivity contribution in [2.75, 3.05) is 5.32 Å². The molecule has 2 N–H and O–H groups in total. The van der Waals surface area contributed by atoms with E-state index in [-0.39, 0.29) is 29.8 Å². The summed E-state index contributed by atoms with van der Waals surface area (Å²) in [5.74, 6) is -0.889. The third kappa shape index (κ3) is 3.55. The predicted molar refractivity (Wildman–Crippen MR) is 101 cm³/mol. The van der Waals surface area contributed by atoms with Gasteiger partial charge in [0.15, 0.2) is 0 Å². The van der Waals surface area contributed by atoms with Gasteiger partial charge in [-0.25, -0.2) is 9.37 Å². The Balaban J connectivity index is 1.51. The van der Waals surface area contributed by atoms with Crippen molar-refractivity contribution in [3.05, 3.63) is 88.9 Å². The van der Waals surface area contributed by atoms with Crippen molar-refractivity contribution in [3.8, 4) is 5.88 Å². The topological polar surface area (TPSA) is 80.3 Å². The van der Waals surface area contributed by atoms with E-state index in [4.69, 9.17) is 4.74 Å². The normalized spacial score (nSPS) is 12.2. The number of halogens is 1. The van der Waals surface area contributed by atoms with Crippen LogP contribution in [-0.4, -0.2) is 16.8 Å². The van der Waals surface area contributed by atoms with Crippen molar-refractivity contribution in [2.45, 2.75) is 13.2 Å². The highest BCUT2D eigenvalue weighted by Crippen LogP contribution is 2.22. The van der Waals surface area contributed by atoms with Gasteiger partial charge in [0.1, 0.15) is 18.0 Å². The second-order valence-corrected chi connectivity index (χ2v) is 6.24. The van der Waals surface area contributed by atoms with Gasteiger partial charge in [-0.2, -0.15) is 0 Å². The Morgan fingerprint density at radius 2 is 2.04 bits per heavy atom. The first kappa shape index (κ1) is 17.7. The van der Waals surface area contributed by atoms with Crippen molar-refractivity contribution in [1.82, 2.24) is 10.3 Å². The van der Waals surface area contributed by atoms with Gasteiger partial charge >= 0.3 is 0 Å². The highest BCUT2D eigenvalue weighted by molar-refractivity contribution is 6.07. The number of nitrogens with one attached hydrogen (secondary N) is 2. The Kier molecular flexibility index (Phi) is 4.72. The number of carbonyl (C=O) groups excluding carboxylic acids is 2. The van der Waals surface area contributed by atoms with Crippen LogP contribution >= 0.6 is 0 Å². The zero-order chi connectivity index (χ0) is 19.5. The lowest BCUT2D eigenvalue weighted by atomic mass is 10.1. The van der Waals surface area contributed by atoms with E-state index in [1.54, 1.807) is 48.5 Å². The van der Waals surface area contributed by atoms with Crippen molar-refractivity contribution in [2.24, 2.45) is 0 Å². The molecule has 1 aromatic heterocycles. The second kappa shape index (κ2) is 7.48. The van der Waals surface area contributed by atoms with Crippen LogP contribution in [0.5, 0.6) is 5.88 Å². The molecule has 0 fully saturated rings. The maximum Gasteiger partial charge on any atom is 0.261 e. The fourth-order valence-electron chi connectivity index (χ4n) is 2.93. The molecule has 0 aliphatic carbocycles. The molecule has 1 aliphatic heterocycles. The number of nitrogens with zero attached hydrogens (tertiary/aromatic N) is 1. The smallest absolute Gasteiger partial charge is 0.261 e. The summed E-state index contributed by atoms with van der Waals surface area (Å²) >= 11 is 0. The monoisotopic (exact) mass is 377 g/mol. The molecule has 0 radical (unpaired) electrons. The van der Waals surface area contributed by atoms with Gasteiger partial charge in [-0.1, -0.05) is 24.3 Å². The number of hydrogen-bond acceptors (Lipinski definition) is 4. The first-order chi connectivity index (χ1) is 13.6. The highest BCUT2D eigenvalue weighted by atomic mass is 19.1. The summed E-state index contributed by atoms with van der Waals surface area (Å²) in [5.41, 5.74) is 2.50. The Hall–Kier alpha value is -3.74. The Labute approximate surface area is 160 Å². The molecule has 0 bridgehead atoms. The largest absolute Gasteiger partial charge is 0.472 e. The van der Waals surface area contributed by atoms with Crippen molar-refractivity contribution in [1.29, 1.82) is 0 Å². The minimum absolute atomic E-state index is 0.0526. The maximum atomic E-state index is 13.8. The van der Waals surface area contributed by atoms with Crippen LogP contribution in [0, 0.1) is 5.82 Å². The summed E-state index contributed by atoms with van der Waals surface area (Å²) in [4.78, 5) is 28.6. The third-order valence-electron chi connectivity index (χ3n) is 4.39. The van der Waals surface area contributed by atoms with E-state index < -0.39 is 5.91 Å². The fourth-order valence-corrected chi connectivity index (χ4v) is 2.93. The van der Waals surface area contributed by atoms with Crippen molar-refractivity contribution in [3.63, 3.8) is 0 Å². The van der Waals surface area contributed by atoms with E-state index in [0.717, 1.165) is 5.56 Å². The summed E-state index contributed by atoms with van der Waals surface area (Å²) in [6.45, 7) is 0.433. The summed E-state index contributed by atoms with van der Waals surface area (Å²) in [6.07, 6.45) is 1.49. The van der Waals surface area contributed by atoms with Gasteiger partial charge in [-0.3, -0.25) is 9.59 Å². The molecule has 0 saturated heterocycles. The van der Waals surface area contributed by atoms with Crippen LogP contribution in [0.3, 0.4) is 0 Å². The standard InChI is InChI=1S/C21H16FN3O3/c22-18-6-2-1-4-14(18)12-28-21-16(5-3-9-23-21)20(27)25-15-8-7-13-11-24-19(26)17(13)10-15/h1-10H,11-12H2,(H,24,26)(H,25,27). The van der Waals surface area contributed by atoms with E-state index in [1.165, 1.54) is 12.3 Å². The summed E-state index contributed by atoms with van der Waals surface area (Å²) < 4.78 is 19.3. The highest BCUT2D eigenvalue weighted by Gasteiger charge is 2.20. The average molecular weight is 377 g/mol. The lowest BCUT2D eigenvalue weighted by Crippen LogP contribution is -2.15. The Morgan fingerprint density at radius 1 is 1.18 bits per heavy atom. The Bertz CT molecular complexity index is 1070. The summed E-state index contributed by atoms with van der Waals surface area (Å²) in [7, 11) is 0. The number of anilines is 1. The van der Waals surface area contributed by atoms with E-state index >= 15 is 0 Å². The van der Waals surface area contributed by atoms with E-state index in [0.29, 0.717) is 23.4 Å². The van der Waals surface area contributed by atoms with Crippen molar-refractivity contribution >= 4 is 17.5 Å². The van der Waals surface area contributed by atoms with Gasteiger partial charge < -0.3 is 15.4 Å². The number of amides is 2. The van der Waals surface area contributed by atoms with Crippen LogP contribution in [0.4, 0.5) is 10.1 Å². The molecule has 6 nitrogen and oxygen atoms in total. The molecular weight excluding hydrogens is 361 g/mol. The molecule has 2 heterocycles. The van der Waals surface area contributed by atoms with E-state index in [1.807, 2.05) is 0 Å². The van der Waals surface area contributed by atoms with Crippen LogP contribution in [0.25, 0.3) is 0 Å². The molecule has 7 heteroatoms. The first-order valence-electron chi connectivity index (χ1n) is 8.65. The quantitative estimate of drug-likeness (QED) is 0.715. The number of benzene rings is 2. The van der Waals surface area contributed by atoms with Gasteiger partial charge in [0.05, 0.1) is 0 Å². The minimum Gasteiger partial charge on any atom is -0.472 e.